The highest BCUT2D eigenvalue weighted by Gasteiger charge is 2.19. The van der Waals surface area contributed by atoms with Crippen LogP contribution in [0, 0.1) is 0 Å². The second-order valence-electron chi connectivity index (χ2n) is 15.7. The lowest BCUT2D eigenvalue weighted by Gasteiger charge is -2.18. The summed E-state index contributed by atoms with van der Waals surface area (Å²) in [7, 11) is 0. The first-order chi connectivity index (χ1) is 30.0. The molecule has 0 aliphatic heterocycles. The minimum Gasteiger partial charge on any atom is -0.462 e. The Hall–Kier alpha value is -3.93. The van der Waals surface area contributed by atoms with Gasteiger partial charge in [-0.05, 0) is 96.3 Å². The van der Waals surface area contributed by atoms with Gasteiger partial charge in [-0.1, -0.05) is 194 Å². The molecule has 61 heavy (non-hydrogen) atoms. The fraction of sp³-hybridized carbons (Fsp3) is 0.618. The van der Waals surface area contributed by atoms with E-state index in [1.807, 2.05) is 36.5 Å². The Morgan fingerprint density at radius 2 is 0.672 bits per heavy atom. The van der Waals surface area contributed by atoms with Crippen molar-refractivity contribution < 1.29 is 28.6 Å². The summed E-state index contributed by atoms with van der Waals surface area (Å²) in [4.78, 5) is 37.9. The molecule has 0 aromatic heterocycles. The molecule has 0 rings (SSSR count). The molecule has 1 atom stereocenters. The molecule has 6 nitrogen and oxygen atoms in total. The van der Waals surface area contributed by atoms with Crippen molar-refractivity contribution in [2.45, 2.75) is 207 Å². The number of hydrogen-bond acceptors (Lipinski definition) is 6. The molecular weight excluding hydrogens is 757 g/mol. The standard InChI is InChI=1S/C55H88O6/c1-4-7-10-13-16-19-22-25-27-28-31-33-36-39-42-45-48-54(57)60-51-52(50-59-53(56)47-44-41-38-35-32-29-24-21-18-15-12-9-6-3)61-55(58)49-46-43-40-37-34-30-26-23-20-17-14-11-8-5-2/h7-12,15-21,24-25,27,29,32,52H,4-6,13-14,22-23,26,28,30-31,33-51H2,1-3H3/b10-7+,11-8+,12-9+,18-15+,19-16+,20-17+,24-21+,27-25+,32-29+. The molecule has 0 saturated heterocycles. The van der Waals surface area contributed by atoms with Gasteiger partial charge in [-0.15, -0.1) is 0 Å². The number of allylic oxidation sites excluding steroid dienone is 18. The molecule has 0 aromatic carbocycles. The van der Waals surface area contributed by atoms with Crippen LogP contribution in [0.4, 0.5) is 0 Å². The summed E-state index contributed by atoms with van der Waals surface area (Å²) < 4.78 is 16.7. The van der Waals surface area contributed by atoms with Crippen molar-refractivity contribution in [1.29, 1.82) is 0 Å². The molecule has 344 valence electrons. The van der Waals surface area contributed by atoms with Gasteiger partial charge < -0.3 is 14.2 Å². The van der Waals surface area contributed by atoms with E-state index in [2.05, 4.69) is 93.7 Å². The van der Waals surface area contributed by atoms with Gasteiger partial charge in [0.15, 0.2) is 6.10 Å². The first-order valence-corrected chi connectivity index (χ1v) is 24.4. The van der Waals surface area contributed by atoms with Gasteiger partial charge in [0.2, 0.25) is 0 Å². The first-order valence-electron chi connectivity index (χ1n) is 24.4. The Bertz CT molecular complexity index is 1290. The van der Waals surface area contributed by atoms with Crippen molar-refractivity contribution in [1.82, 2.24) is 0 Å². The summed E-state index contributed by atoms with van der Waals surface area (Å²) in [6, 6.07) is 0. The molecule has 0 aliphatic rings. The highest BCUT2D eigenvalue weighted by Crippen LogP contribution is 2.13. The van der Waals surface area contributed by atoms with Crippen LogP contribution in [-0.2, 0) is 28.6 Å². The molecule has 6 heteroatoms. The summed E-state index contributed by atoms with van der Waals surface area (Å²) in [6.07, 6.45) is 65.0. The fourth-order valence-corrected chi connectivity index (χ4v) is 6.27. The zero-order valence-electron chi connectivity index (χ0n) is 39.1. The van der Waals surface area contributed by atoms with Gasteiger partial charge in [-0.3, -0.25) is 14.4 Å². The Morgan fingerprint density at radius 1 is 0.344 bits per heavy atom. The van der Waals surface area contributed by atoms with Gasteiger partial charge in [0, 0.05) is 19.3 Å². The summed E-state index contributed by atoms with van der Waals surface area (Å²) in [5, 5.41) is 0. The van der Waals surface area contributed by atoms with Crippen LogP contribution >= 0.6 is 0 Å². The molecule has 0 bridgehead atoms. The number of ether oxygens (including phenoxy) is 3. The summed E-state index contributed by atoms with van der Waals surface area (Å²) in [5.74, 6) is -0.972. The topological polar surface area (TPSA) is 78.9 Å². The molecule has 0 amide bonds. The molecular formula is C55H88O6. The van der Waals surface area contributed by atoms with E-state index in [0.717, 1.165) is 122 Å². The summed E-state index contributed by atoms with van der Waals surface area (Å²) >= 11 is 0. The van der Waals surface area contributed by atoms with Gasteiger partial charge in [-0.25, -0.2) is 0 Å². The zero-order chi connectivity index (χ0) is 44.4. The number of carbonyl (C=O) groups excluding carboxylic acids is 3. The number of carbonyl (C=O) groups is 3. The maximum Gasteiger partial charge on any atom is 0.306 e. The lowest BCUT2D eigenvalue weighted by molar-refractivity contribution is -0.167. The maximum absolute atomic E-state index is 12.8. The van der Waals surface area contributed by atoms with E-state index < -0.39 is 6.10 Å². The van der Waals surface area contributed by atoms with Crippen LogP contribution in [0.25, 0.3) is 0 Å². The van der Waals surface area contributed by atoms with Crippen LogP contribution in [0.5, 0.6) is 0 Å². The van der Waals surface area contributed by atoms with E-state index in [0.29, 0.717) is 19.3 Å². The quantitative estimate of drug-likeness (QED) is 0.0200. The predicted octanol–water partition coefficient (Wildman–Crippen LogP) is 16.0. The van der Waals surface area contributed by atoms with Crippen molar-refractivity contribution in [2.24, 2.45) is 0 Å². The van der Waals surface area contributed by atoms with Gasteiger partial charge in [0.1, 0.15) is 13.2 Å². The molecule has 0 radical (unpaired) electrons. The normalized spacial score (nSPS) is 13.0. The Balaban J connectivity index is 4.49. The number of hydrogen-bond donors (Lipinski definition) is 0. The van der Waals surface area contributed by atoms with Crippen LogP contribution in [0.15, 0.2) is 109 Å². The highest BCUT2D eigenvalue weighted by atomic mass is 16.6. The monoisotopic (exact) mass is 845 g/mol. The van der Waals surface area contributed by atoms with Crippen LogP contribution < -0.4 is 0 Å². The number of unbranched alkanes of at least 4 members (excludes halogenated alkanes) is 16. The third kappa shape index (κ3) is 47.0. The Morgan fingerprint density at radius 3 is 1.13 bits per heavy atom. The van der Waals surface area contributed by atoms with E-state index in [1.54, 1.807) is 0 Å². The van der Waals surface area contributed by atoms with E-state index in [1.165, 1.54) is 38.5 Å². The van der Waals surface area contributed by atoms with Crippen molar-refractivity contribution in [2.75, 3.05) is 13.2 Å². The van der Waals surface area contributed by atoms with Gasteiger partial charge >= 0.3 is 17.9 Å². The number of rotatable bonds is 42. The van der Waals surface area contributed by atoms with Crippen molar-refractivity contribution >= 4 is 17.9 Å². The molecule has 1 unspecified atom stereocenters. The maximum atomic E-state index is 12.8. The average molecular weight is 845 g/mol. The van der Waals surface area contributed by atoms with E-state index in [9.17, 15) is 14.4 Å². The van der Waals surface area contributed by atoms with Crippen LogP contribution in [0.1, 0.15) is 201 Å². The molecule has 0 aliphatic carbocycles. The Kier molecular flexibility index (Phi) is 45.6. The van der Waals surface area contributed by atoms with Crippen molar-refractivity contribution in [3.63, 3.8) is 0 Å². The second-order valence-corrected chi connectivity index (χ2v) is 15.7. The first kappa shape index (κ1) is 57.1. The third-order valence-corrected chi connectivity index (χ3v) is 9.85. The minimum atomic E-state index is -0.805. The largest absolute Gasteiger partial charge is 0.462 e. The molecule has 0 heterocycles. The van der Waals surface area contributed by atoms with Gasteiger partial charge in [0.05, 0.1) is 0 Å². The van der Waals surface area contributed by atoms with Crippen LogP contribution in [-0.4, -0.2) is 37.2 Å². The number of esters is 3. The molecule has 0 aromatic rings. The van der Waals surface area contributed by atoms with Crippen molar-refractivity contribution in [3.05, 3.63) is 109 Å². The highest BCUT2D eigenvalue weighted by molar-refractivity contribution is 5.71. The van der Waals surface area contributed by atoms with Gasteiger partial charge in [-0.2, -0.15) is 0 Å². The summed E-state index contributed by atoms with van der Waals surface area (Å²) in [5.41, 5.74) is 0. The van der Waals surface area contributed by atoms with E-state index in [4.69, 9.17) is 14.2 Å². The van der Waals surface area contributed by atoms with Crippen LogP contribution in [0.3, 0.4) is 0 Å². The smallest absolute Gasteiger partial charge is 0.306 e. The van der Waals surface area contributed by atoms with Crippen LogP contribution in [0.2, 0.25) is 0 Å². The fourth-order valence-electron chi connectivity index (χ4n) is 6.27. The third-order valence-electron chi connectivity index (χ3n) is 9.85. The molecule has 0 N–H and O–H groups in total. The second kappa shape index (κ2) is 48.7. The van der Waals surface area contributed by atoms with E-state index in [-0.39, 0.29) is 31.1 Å². The summed E-state index contributed by atoms with van der Waals surface area (Å²) in [6.45, 7) is 6.21. The lowest BCUT2D eigenvalue weighted by atomic mass is 10.1. The lowest BCUT2D eigenvalue weighted by Crippen LogP contribution is -2.30. The molecule has 0 saturated carbocycles. The predicted molar refractivity (Wildman–Crippen MR) is 260 cm³/mol. The molecule has 0 fully saturated rings. The SMILES string of the molecule is CC/C=C/C=C/C=C/C=C/CCCCCC(=O)OCC(COC(=O)CCCCCCCC/C=C/C/C=C/C/C=C/CC)OC(=O)CCCCCCCCC/C=C/C/C=C/CC. The Labute approximate surface area is 374 Å². The minimum absolute atomic E-state index is 0.103. The molecule has 0 spiro atoms. The van der Waals surface area contributed by atoms with Gasteiger partial charge in [0.25, 0.3) is 0 Å². The zero-order valence-corrected chi connectivity index (χ0v) is 39.1. The van der Waals surface area contributed by atoms with Crippen molar-refractivity contribution in [3.8, 4) is 0 Å². The average Bonchev–Trinajstić information content (AvgIpc) is 3.26. The van der Waals surface area contributed by atoms with E-state index >= 15 is 0 Å².